The van der Waals surface area contributed by atoms with Crippen LogP contribution in [-0.2, 0) is 4.74 Å². The molecule has 3 unspecified atom stereocenters. The van der Waals surface area contributed by atoms with Crippen LogP contribution in [0.15, 0.2) is 0 Å². The Labute approximate surface area is 119 Å². The topological polar surface area (TPSA) is 12.5 Å². The summed E-state index contributed by atoms with van der Waals surface area (Å²) in [4.78, 5) is 2.43. The van der Waals surface area contributed by atoms with Crippen molar-refractivity contribution < 1.29 is 4.74 Å². The predicted octanol–water partition coefficient (Wildman–Crippen LogP) is 2.49. The number of halogens is 1. The number of alkyl halides is 1. The molecule has 0 bridgehead atoms. The molecule has 0 aliphatic carbocycles. The molecule has 0 saturated carbocycles. The largest absolute Gasteiger partial charge is 0.381 e. The number of rotatable bonds is 3. The van der Waals surface area contributed by atoms with Crippen molar-refractivity contribution in [2.24, 2.45) is 0 Å². The lowest BCUT2D eigenvalue weighted by Gasteiger charge is -2.45. The molecule has 0 amide bonds. The van der Waals surface area contributed by atoms with E-state index in [1.165, 1.54) is 0 Å². The van der Waals surface area contributed by atoms with Crippen molar-refractivity contribution in [2.75, 3.05) is 16.8 Å². The van der Waals surface area contributed by atoms with Crippen LogP contribution in [0.2, 0.25) is 0 Å². The van der Waals surface area contributed by atoms with Crippen molar-refractivity contribution in [3.05, 3.63) is 0 Å². The molecule has 1 rings (SSSR count). The van der Waals surface area contributed by atoms with Crippen LogP contribution in [-0.4, -0.2) is 52.5 Å². The van der Waals surface area contributed by atoms with Crippen LogP contribution in [0.4, 0.5) is 0 Å². The van der Waals surface area contributed by atoms with Gasteiger partial charge < -0.3 is 4.74 Å². The van der Waals surface area contributed by atoms with E-state index in [1.54, 1.807) is 0 Å². The first-order chi connectivity index (χ1) is 7.34. The third-order valence-electron chi connectivity index (χ3n) is 2.95. The summed E-state index contributed by atoms with van der Waals surface area (Å²) in [7, 11) is 5.97. The van der Waals surface area contributed by atoms with E-state index < -0.39 is 0 Å². The van der Waals surface area contributed by atoms with Crippen molar-refractivity contribution in [2.45, 2.75) is 50.6 Å². The predicted molar refractivity (Wildman–Crippen MR) is 81.7 cm³/mol. The van der Waals surface area contributed by atoms with Gasteiger partial charge in [0.1, 0.15) is 7.85 Å². The maximum atomic E-state index is 5.97. The number of morpholine rings is 1. The monoisotopic (exact) mass is 353 g/mol. The van der Waals surface area contributed by atoms with E-state index in [0.717, 1.165) is 16.8 Å². The number of hydrogen-bond donors (Lipinski definition) is 0. The quantitative estimate of drug-likeness (QED) is 0.440. The van der Waals surface area contributed by atoms with Crippen molar-refractivity contribution in [3.8, 4) is 0 Å². The minimum Gasteiger partial charge on any atom is -0.381 e. The fraction of sp³-hybridized carbons (Fsp3) is 1.00. The molecule has 1 fully saturated rings. The van der Waals surface area contributed by atoms with Gasteiger partial charge in [0.25, 0.3) is 0 Å². The van der Waals surface area contributed by atoms with Gasteiger partial charge in [-0.1, -0.05) is 29.5 Å². The van der Waals surface area contributed by atoms with Gasteiger partial charge in [0.15, 0.2) is 0 Å². The summed E-state index contributed by atoms with van der Waals surface area (Å²) >= 11 is 4.32. The van der Waals surface area contributed by atoms with Gasteiger partial charge in [0.2, 0.25) is 0 Å². The lowest BCUT2D eigenvalue weighted by molar-refractivity contribution is -0.0746. The number of nitrogens with zero attached hydrogens (tertiary/aromatic N) is 1. The molecule has 1 aliphatic rings. The van der Waals surface area contributed by atoms with E-state index in [0.29, 0.717) is 5.25 Å². The Bertz CT molecular complexity index is 225. The van der Waals surface area contributed by atoms with E-state index >= 15 is 0 Å². The second kappa shape index (κ2) is 6.30. The maximum absolute atomic E-state index is 5.97. The van der Waals surface area contributed by atoms with E-state index in [9.17, 15) is 0 Å². The molecule has 0 aromatic heterocycles. The van der Waals surface area contributed by atoms with Crippen molar-refractivity contribution >= 4 is 42.2 Å². The van der Waals surface area contributed by atoms with Gasteiger partial charge in [-0.05, 0) is 20.8 Å². The van der Waals surface area contributed by atoms with Crippen LogP contribution < -0.4 is 0 Å². The second-order valence-electron chi connectivity index (χ2n) is 5.27. The zero-order valence-corrected chi connectivity index (χ0v) is 13.5. The standard InChI is InChI=1S/C11H21BINOS/c1-8(16-7-13)9-5-14(11(2,3)4)6-10(12)15-9/h8-10H,5-7H2,1-4H3. The molecule has 1 aliphatic heterocycles. The number of ether oxygens (including phenoxy) is 1. The zero-order valence-electron chi connectivity index (χ0n) is 10.6. The Balaban J connectivity index is 2.60. The first-order valence-corrected chi connectivity index (χ1v) is 8.25. The Morgan fingerprint density at radius 2 is 2.12 bits per heavy atom. The third kappa shape index (κ3) is 4.39. The van der Waals surface area contributed by atoms with Gasteiger partial charge in [-0.3, -0.25) is 4.90 Å². The number of hydrogen-bond acceptors (Lipinski definition) is 3. The van der Waals surface area contributed by atoms with Gasteiger partial charge in [0, 0.05) is 33.6 Å². The van der Waals surface area contributed by atoms with Crippen LogP contribution in [0.1, 0.15) is 27.7 Å². The molecule has 16 heavy (non-hydrogen) atoms. The summed E-state index contributed by atoms with van der Waals surface area (Å²) in [6, 6.07) is -0.143. The van der Waals surface area contributed by atoms with Gasteiger partial charge >= 0.3 is 0 Å². The molecular formula is C11H21BINOS. The van der Waals surface area contributed by atoms with E-state index in [-0.39, 0.29) is 17.6 Å². The highest BCUT2D eigenvalue weighted by Crippen LogP contribution is 2.26. The van der Waals surface area contributed by atoms with E-state index in [2.05, 4.69) is 55.2 Å². The van der Waals surface area contributed by atoms with Crippen LogP contribution in [0.3, 0.4) is 0 Å². The molecule has 3 atom stereocenters. The Morgan fingerprint density at radius 3 is 2.62 bits per heavy atom. The fourth-order valence-electron chi connectivity index (χ4n) is 1.83. The second-order valence-corrected chi connectivity index (χ2v) is 8.43. The van der Waals surface area contributed by atoms with Crippen molar-refractivity contribution in [1.29, 1.82) is 0 Å². The zero-order chi connectivity index (χ0) is 12.3. The van der Waals surface area contributed by atoms with Crippen molar-refractivity contribution in [1.82, 2.24) is 4.90 Å². The highest BCUT2D eigenvalue weighted by Gasteiger charge is 2.33. The molecule has 0 spiro atoms. The molecular weight excluding hydrogens is 332 g/mol. The van der Waals surface area contributed by atoms with Gasteiger partial charge in [-0.15, -0.1) is 11.8 Å². The Morgan fingerprint density at radius 1 is 1.50 bits per heavy atom. The van der Waals surface area contributed by atoms with Crippen LogP contribution in [0.5, 0.6) is 0 Å². The smallest absolute Gasteiger partial charge is 0.110 e. The lowest BCUT2D eigenvalue weighted by atomic mass is 9.93. The minimum atomic E-state index is -0.143. The highest BCUT2D eigenvalue weighted by atomic mass is 127. The van der Waals surface area contributed by atoms with Crippen LogP contribution >= 0.6 is 34.4 Å². The van der Waals surface area contributed by atoms with E-state index in [1.807, 2.05) is 11.8 Å². The molecule has 1 heterocycles. The molecule has 2 nitrogen and oxygen atoms in total. The fourth-order valence-corrected chi connectivity index (χ4v) is 4.10. The summed E-state index contributed by atoms with van der Waals surface area (Å²) in [6.45, 7) is 10.8. The van der Waals surface area contributed by atoms with Gasteiger partial charge in [0.05, 0.1) is 6.10 Å². The summed E-state index contributed by atoms with van der Waals surface area (Å²) < 4.78 is 6.94. The molecule has 2 radical (unpaired) electrons. The molecule has 5 heteroatoms. The third-order valence-corrected chi connectivity index (χ3v) is 4.98. The first kappa shape index (κ1) is 15.1. The molecule has 92 valence electrons. The lowest BCUT2D eigenvalue weighted by Crippen LogP contribution is -2.56. The Hall–Kier alpha value is 1.06. The Kier molecular flexibility index (Phi) is 5.95. The average Bonchev–Trinajstić information content (AvgIpc) is 2.16. The maximum Gasteiger partial charge on any atom is 0.110 e. The number of thioether (sulfide) groups is 1. The van der Waals surface area contributed by atoms with Crippen molar-refractivity contribution in [3.63, 3.8) is 0 Å². The van der Waals surface area contributed by atoms with Gasteiger partial charge in [-0.2, -0.15) is 0 Å². The normalized spacial score (nSPS) is 30.3. The van der Waals surface area contributed by atoms with E-state index in [4.69, 9.17) is 12.6 Å². The summed E-state index contributed by atoms with van der Waals surface area (Å²) in [5.41, 5.74) is 0.175. The summed E-state index contributed by atoms with van der Waals surface area (Å²) in [5, 5.41) is 0.507. The SMILES string of the molecule is [B]C1CN(C(C)(C)C)CC(C(C)SCI)O1. The minimum absolute atomic E-state index is 0.143. The molecule has 1 saturated heterocycles. The first-order valence-electron chi connectivity index (χ1n) is 5.68. The summed E-state index contributed by atoms with van der Waals surface area (Å²) in [6.07, 6.45) is 0.253. The molecule has 0 N–H and O–H groups in total. The van der Waals surface area contributed by atoms with Gasteiger partial charge in [-0.25, -0.2) is 0 Å². The van der Waals surface area contributed by atoms with Crippen LogP contribution in [0, 0.1) is 0 Å². The van der Waals surface area contributed by atoms with Crippen LogP contribution in [0.25, 0.3) is 0 Å². The highest BCUT2D eigenvalue weighted by molar-refractivity contribution is 14.1. The summed E-state index contributed by atoms with van der Waals surface area (Å²) in [5.74, 6) is 0. The molecule has 0 aromatic rings. The average molecular weight is 353 g/mol. The molecule has 0 aromatic carbocycles.